The maximum atomic E-state index is 4.68. The molecule has 0 N–H and O–H groups in total. The molecular formula is C15H13BN2. The molecule has 3 rings (SSSR count). The van der Waals surface area contributed by atoms with Gasteiger partial charge >= 0.3 is 0 Å². The summed E-state index contributed by atoms with van der Waals surface area (Å²) in [6, 6.07) is 16.3. The number of hydrogen-bond acceptors (Lipinski definition) is 2. The standard InChI is InChI=1S/C15H13BN2/c1-10-5-4-8-14(17-10)15-9-12(16)11-6-2-3-7-13(11)18-15/h2-9H,16H2,1H3. The molecule has 2 nitrogen and oxygen atoms in total. The molecule has 0 spiro atoms. The number of aryl methyl sites for hydroxylation is 1. The summed E-state index contributed by atoms with van der Waals surface area (Å²) >= 11 is 0. The topological polar surface area (TPSA) is 25.8 Å². The quantitative estimate of drug-likeness (QED) is 0.598. The van der Waals surface area contributed by atoms with Gasteiger partial charge in [0.25, 0.3) is 0 Å². The van der Waals surface area contributed by atoms with E-state index in [1.54, 1.807) is 0 Å². The van der Waals surface area contributed by atoms with E-state index in [1.165, 1.54) is 10.8 Å². The number of fused-ring (bicyclic) bond motifs is 1. The Morgan fingerprint density at radius 2 is 1.72 bits per heavy atom. The molecule has 0 bridgehead atoms. The lowest BCUT2D eigenvalue weighted by atomic mass is 9.91. The van der Waals surface area contributed by atoms with Gasteiger partial charge in [0, 0.05) is 5.69 Å². The van der Waals surface area contributed by atoms with Gasteiger partial charge in [0.15, 0.2) is 0 Å². The molecule has 0 saturated carbocycles. The van der Waals surface area contributed by atoms with Crippen molar-refractivity contribution in [3.8, 4) is 11.4 Å². The van der Waals surface area contributed by atoms with Gasteiger partial charge in [-0.05, 0) is 36.6 Å². The predicted molar refractivity (Wildman–Crippen MR) is 77.9 cm³/mol. The Hall–Kier alpha value is -2.16. The second-order valence-electron chi connectivity index (χ2n) is 4.51. The normalized spacial score (nSPS) is 10.7. The van der Waals surface area contributed by atoms with Crippen molar-refractivity contribution in [2.24, 2.45) is 0 Å². The predicted octanol–water partition coefficient (Wildman–Crippen LogP) is 1.86. The van der Waals surface area contributed by atoms with Crippen molar-refractivity contribution in [3.05, 3.63) is 54.2 Å². The van der Waals surface area contributed by atoms with E-state index in [0.717, 1.165) is 22.6 Å². The number of benzene rings is 1. The molecule has 0 atom stereocenters. The average Bonchev–Trinajstić information content (AvgIpc) is 2.39. The highest BCUT2D eigenvalue weighted by atomic mass is 14.8. The Morgan fingerprint density at radius 3 is 2.56 bits per heavy atom. The summed E-state index contributed by atoms with van der Waals surface area (Å²) in [4.78, 5) is 9.21. The van der Waals surface area contributed by atoms with Gasteiger partial charge in [-0.1, -0.05) is 29.7 Å². The van der Waals surface area contributed by atoms with Crippen LogP contribution in [-0.4, -0.2) is 17.8 Å². The van der Waals surface area contributed by atoms with E-state index < -0.39 is 0 Å². The van der Waals surface area contributed by atoms with Gasteiger partial charge in [-0.3, -0.25) is 4.98 Å². The van der Waals surface area contributed by atoms with Crippen LogP contribution in [0.4, 0.5) is 0 Å². The summed E-state index contributed by atoms with van der Waals surface area (Å²) in [7, 11) is 2.11. The summed E-state index contributed by atoms with van der Waals surface area (Å²) in [5.41, 5.74) is 5.15. The lowest BCUT2D eigenvalue weighted by molar-refractivity contribution is 1.19. The van der Waals surface area contributed by atoms with Gasteiger partial charge in [-0.25, -0.2) is 4.98 Å². The van der Waals surface area contributed by atoms with Gasteiger partial charge in [-0.2, -0.15) is 0 Å². The Labute approximate surface area is 107 Å². The molecule has 0 saturated heterocycles. The van der Waals surface area contributed by atoms with Crippen molar-refractivity contribution in [1.29, 1.82) is 0 Å². The Balaban J connectivity index is 2.24. The van der Waals surface area contributed by atoms with Gasteiger partial charge in [0.2, 0.25) is 0 Å². The van der Waals surface area contributed by atoms with E-state index in [4.69, 9.17) is 0 Å². The minimum atomic E-state index is 0.934. The number of aromatic nitrogens is 2. The van der Waals surface area contributed by atoms with Crippen LogP contribution in [0.5, 0.6) is 0 Å². The van der Waals surface area contributed by atoms with E-state index in [9.17, 15) is 0 Å². The van der Waals surface area contributed by atoms with Gasteiger partial charge in [0.1, 0.15) is 7.85 Å². The highest BCUT2D eigenvalue weighted by Gasteiger charge is 2.05. The molecule has 86 valence electrons. The molecule has 0 fully saturated rings. The second-order valence-corrected chi connectivity index (χ2v) is 4.51. The zero-order chi connectivity index (χ0) is 12.5. The Morgan fingerprint density at radius 1 is 0.889 bits per heavy atom. The van der Waals surface area contributed by atoms with Crippen LogP contribution < -0.4 is 5.46 Å². The number of pyridine rings is 2. The van der Waals surface area contributed by atoms with Crippen LogP contribution in [0, 0.1) is 6.92 Å². The first-order valence-electron chi connectivity index (χ1n) is 6.04. The highest BCUT2D eigenvalue weighted by Crippen LogP contribution is 2.17. The molecule has 0 amide bonds. The SMILES string of the molecule is Bc1cc(-c2cccc(C)n2)nc2ccccc12. The maximum absolute atomic E-state index is 4.68. The van der Waals surface area contributed by atoms with Gasteiger partial charge in [-0.15, -0.1) is 0 Å². The summed E-state index contributed by atoms with van der Waals surface area (Å²) in [5, 5.41) is 1.20. The molecule has 0 radical (unpaired) electrons. The Kier molecular flexibility index (Phi) is 2.60. The minimum Gasteiger partial charge on any atom is -0.251 e. The lowest BCUT2D eigenvalue weighted by Gasteiger charge is -2.06. The number of nitrogens with zero attached hydrogens (tertiary/aromatic N) is 2. The fraction of sp³-hybridized carbons (Fsp3) is 0.0667. The molecule has 3 heteroatoms. The Bertz CT molecular complexity index is 723. The zero-order valence-electron chi connectivity index (χ0n) is 10.5. The molecule has 0 aliphatic heterocycles. The summed E-state index contributed by atoms with van der Waals surface area (Å²) in [5.74, 6) is 0. The second kappa shape index (κ2) is 4.26. The van der Waals surface area contributed by atoms with Crippen LogP contribution in [-0.2, 0) is 0 Å². The lowest BCUT2D eigenvalue weighted by Crippen LogP contribution is -2.06. The zero-order valence-corrected chi connectivity index (χ0v) is 10.5. The summed E-state index contributed by atoms with van der Waals surface area (Å²) < 4.78 is 0. The van der Waals surface area contributed by atoms with Gasteiger partial charge < -0.3 is 0 Å². The minimum absolute atomic E-state index is 0.934. The molecule has 0 unspecified atom stereocenters. The first-order valence-corrected chi connectivity index (χ1v) is 6.04. The van der Waals surface area contributed by atoms with Gasteiger partial charge in [0.05, 0.1) is 16.9 Å². The van der Waals surface area contributed by atoms with Crippen molar-refractivity contribution in [2.75, 3.05) is 0 Å². The van der Waals surface area contributed by atoms with Crippen molar-refractivity contribution in [2.45, 2.75) is 6.92 Å². The fourth-order valence-electron chi connectivity index (χ4n) is 2.17. The third-order valence-corrected chi connectivity index (χ3v) is 3.07. The first-order chi connectivity index (χ1) is 8.74. The van der Waals surface area contributed by atoms with Crippen molar-refractivity contribution in [1.82, 2.24) is 9.97 Å². The van der Waals surface area contributed by atoms with Crippen LogP contribution in [0.3, 0.4) is 0 Å². The monoisotopic (exact) mass is 232 g/mol. The van der Waals surface area contributed by atoms with Crippen LogP contribution in [0.1, 0.15) is 5.69 Å². The van der Waals surface area contributed by atoms with Crippen LogP contribution in [0.25, 0.3) is 22.3 Å². The van der Waals surface area contributed by atoms with E-state index >= 15 is 0 Å². The first kappa shape index (κ1) is 11.0. The van der Waals surface area contributed by atoms with Crippen LogP contribution >= 0.6 is 0 Å². The molecular weight excluding hydrogens is 219 g/mol. The molecule has 1 aromatic carbocycles. The van der Waals surface area contributed by atoms with E-state index in [0.29, 0.717) is 0 Å². The van der Waals surface area contributed by atoms with Crippen molar-refractivity contribution < 1.29 is 0 Å². The summed E-state index contributed by atoms with van der Waals surface area (Å²) in [6.45, 7) is 2.00. The van der Waals surface area contributed by atoms with Crippen molar-refractivity contribution >= 4 is 24.2 Å². The fourth-order valence-corrected chi connectivity index (χ4v) is 2.17. The van der Waals surface area contributed by atoms with E-state index in [-0.39, 0.29) is 0 Å². The summed E-state index contributed by atoms with van der Waals surface area (Å²) in [6.07, 6.45) is 0. The maximum Gasteiger partial charge on any atom is 0.140 e. The highest BCUT2D eigenvalue weighted by molar-refractivity contribution is 6.38. The van der Waals surface area contributed by atoms with Crippen LogP contribution in [0.2, 0.25) is 0 Å². The molecule has 18 heavy (non-hydrogen) atoms. The largest absolute Gasteiger partial charge is 0.251 e. The van der Waals surface area contributed by atoms with Crippen LogP contribution in [0.15, 0.2) is 48.5 Å². The molecule has 3 aromatic rings. The average molecular weight is 232 g/mol. The number of hydrogen-bond donors (Lipinski definition) is 0. The third kappa shape index (κ3) is 1.88. The number of rotatable bonds is 1. The van der Waals surface area contributed by atoms with E-state index in [2.05, 4.69) is 29.9 Å². The third-order valence-electron chi connectivity index (χ3n) is 3.07. The van der Waals surface area contributed by atoms with E-state index in [1.807, 2.05) is 43.3 Å². The smallest absolute Gasteiger partial charge is 0.140 e. The molecule has 2 aromatic heterocycles. The molecule has 2 heterocycles. The molecule has 0 aliphatic carbocycles. The van der Waals surface area contributed by atoms with Crippen molar-refractivity contribution in [3.63, 3.8) is 0 Å². The molecule has 0 aliphatic rings. The number of para-hydroxylation sites is 1.